The van der Waals surface area contributed by atoms with Gasteiger partial charge in [0, 0.05) is 5.02 Å². The monoisotopic (exact) mass is 310 g/mol. The molecule has 0 bridgehead atoms. The first-order valence-electron chi connectivity index (χ1n) is 7.25. The Bertz CT molecular complexity index is 543. The largest absolute Gasteiger partial charge is 0.490 e. The van der Waals surface area contributed by atoms with Crippen molar-refractivity contribution >= 4 is 17.4 Å². The molecule has 1 aliphatic rings. The van der Waals surface area contributed by atoms with Gasteiger partial charge in [0.05, 0.1) is 11.7 Å². The zero-order valence-corrected chi connectivity index (χ0v) is 13.5. The first-order valence-corrected chi connectivity index (χ1v) is 7.62. The number of hydrogen-bond acceptors (Lipinski definition) is 3. The van der Waals surface area contributed by atoms with E-state index in [1.807, 2.05) is 0 Å². The van der Waals surface area contributed by atoms with Gasteiger partial charge in [-0.25, -0.2) is 0 Å². The number of benzene rings is 1. The lowest BCUT2D eigenvalue weighted by Gasteiger charge is -2.39. The van der Waals surface area contributed by atoms with E-state index in [4.69, 9.17) is 27.3 Å². The molecule has 2 unspecified atom stereocenters. The van der Waals surface area contributed by atoms with Gasteiger partial charge in [0.25, 0.3) is 0 Å². The second-order valence-corrected chi connectivity index (χ2v) is 7.22. The minimum absolute atomic E-state index is 0.0322. The predicted octanol–water partition coefficient (Wildman–Crippen LogP) is 4.03. The molecule has 2 rings (SSSR count). The van der Waals surface area contributed by atoms with Crippen LogP contribution in [0.3, 0.4) is 0 Å². The van der Waals surface area contributed by atoms with Crippen LogP contribution in [0.15, 0.2) is 23.4 Å². The highest BCUT2D eigenvalue weighted by atomic mass is 35.5. The third-order valence-electron chi connectivity index (χ3n) is 3.97. The Morgan fingerprint density at radius 1 is 1.43 bits per heavy atom. The molecule has 4 nitrogen and oxygen atoms in total. The highest BCUT2D eigenvalue weighted by Crippen LogP contribution is 2.40. The summed E-state index contributed by atoms with van der Waals surface area (Å²) in [6.45, 7) is 6.78. The fourth-order valence-electron chi connectivity index (χ4n) is 3.39. The molecule has 0 heterocycles. The molecule has 3 N–H and O–H groups in total. The van der Waals surface area contributed by atoms with E-state index in [-0.39, 0.29) is 17.4 Å². The maximum absolute atomic E-state index is 8.89. The standard InChI is InChI=1S/C16H23ClN2O2/c1-10-6-12(9-16(2,3)8-10)21-14-7-11(17)4-5-13(14)15(18)19-20/h4-5,7,10,12,20H,6,8-9H2,1-3H3,(H2,18,19). The van der Waals surface area contributed by atoms with Gasteiger partial charge in [-0.3, -0.25) is 0 Å². The van der Waals surface area contributed by atoms with Gasteiger partial charge in [0.1, 0.15) is 5.75 Å². The Hall–Kier alpha value is -1.42. The lowest BCUT2D eigenvalue weighted by Crippen LogP contribution is -2.34. The average molecular weight is 311 g/mol. The van der Waals surface area contributed by atoms with Crippen molar-refractivity contribution in [1.82, 2.24) is 0 Å². The molecule has 21 heavy (non-hydrogen) atoms. The van der Waals surface area contributed by atoms with E-state index in [1.54, 1.807) is 18.2 Å². The molecule has 1 aromatic rings. The fourth-order valence-corrected chi connectivity index (χ4v) is 3.55. The molecule has 116 valence electrons. The summed E-state index contributed by atoms with van der Waals surface area (Å²) in [5, 5.41) is 12.5. The smallest absolute Gasteiger partial charge is 0.173 e. The number of halogens is 1. The van der Waals surface area contributed by atoms with Gasteiger partial charge < -0.3 is 15.7 Å². The second-order valence-electron chi connectivity index (χ2n) is 6.78. The molecule has 0 amide bonds. The molecule has 0 saturated heterocycles. The maximum atomic E-state index is 8.89. The Balaban J connectivity index is 2.24. The van der Waals surface area contributed by atoms with Crippen LogP contribution in [0.5, 0.6) is 5.75 Å². The summed E-state index contributed by atoms with van der Waals surface area (Å²) in [6, 6.07) is 5.14. The third kappa shape index (κ3) is 4.03. The van der Waals surface area contributed by atoms with Gasteiger partial charge >= 0.3 is 0 Å². The van der Waals surface area contributed by atoms with Gasteiger partial charge in [-0.2, -0.15) is 0 Å². The summed E-state index contributed by atoms with van der Waals surface area (Å²) in [7, 11) is 0. The summed E-state index contributed by atoms with van der Waals surface area (Å²) in [5.41, 5.74) is 6.54. The summed E-state index contributed by atoms with van der Waals surface area (Å²) < 4.78 is 6.14. The van der Waals surface area contributed by atoms with Crippen LogP contribution in [0.1, 0.15) is 45.6 Å². The molecular weight excluding hydrogens is 288 g/mol. The second kappa shape index (κ2) is 6.14. The average Bonchev–Trinajstić information content (AvgIpc) is 2.35. The Morgan fingerprint density at radius 3 is 2.76 bits per heavy atom. The maximum Gasteiger partial charge on any atom is 0.173 e. The molecule has 0 spiro atoms. The van der Waals surface area contributed by atoms with E-state index in [2.05, 4.69) is 25.9 Å². The van der Waals surface area contributed by atoms with Crippen molar-refractivity contribution in [1.29, 1.82) is 0 Å². The summed E-state index contributed by atoms with van der Waals surface area (Å²) in [5.74, 6) is 1.22. The normalized spacial score (nSPS) is 25.6. The summed E-state index contributed by atoms with van der Waals surface area (Å²) >= 11 is 6.04. The molecule has 1 aliphatic carbocycles. The number of hydrogen-bond donors (Lipinski definition) is 2. The van der Waals surface area contributed by atoms with Crippen molar-refractivity contribution in [3.05, 3.63) is 28.8 Å². The lowest BCUT2D eigenvalue weighted by molar-refractivity contribution is 0.0561. The van der Waals surface area contributed by atoms with Crippen molar-refractivity contribution in [3.63, 3.8) is 0 Å². The van der Waals surface area contributed by atoms with Gasteiger partial charge in [0.15, 0.2) is 5.84 Å². The Morgan fingerprint density at radius 2 is 2.14 bits per heavy atom. The zero-order valence-electron chi connectivity index (χ0n) is 12.8. The zero-order chi connectivity index (χ0) is 15.6. The quantitative estimate of drug-likeness (QED) is 0.383. The third-order valence-corrected chi connectivity index (χ3v) is 4.20. The Kier molecular flexibility index (Phi) is 4.67. The van der Waals surface area contributed by atoms with Crippen LogP contribution in [0.25, 0.3) is 0 Å². The molecule has 1 saturated carbocycles. The minimum Gasteiger partial charge on any atom is -0.490 e. The van der Waals surface area contributed by atoms with Crippen LogP contribution in [-0.4, -0.2) is 17.1 Å². The van der Waals surface area contributed by atoms with Crippen molar-refractivity contribution in [2.24, 2.45) is 22.2 Å². The predicted molar refractivity (Wildman–Crippen MR) is 85.2 cm³/mol. The van der Waals surface area contributed by atoms with E-state index in [1.165, 1.54) is 6.42 Å². The highest BCUT2D eigenvalue weighted by Gasteiger charge is 2.33. The van der Waals surface area contributed by atoms with E-state index in [9.17, 15) is 0 Å². The molecule has 5 heteroatoms. The van der Waals surface area contributed by atoms with Crippen LogP contribution in [0, 0.1) is 11.3 Å². The van der Waals surface area contributed by atoms with Crippen molar-refractivity contribution in [2.45, 2.75) is 46.1 Å². The number of ether oxygens (including phenoxy) is 1. The topological polar surface area (TPSA) is 67.8 Å². The molecule has 0 radical (unpaired) electrons. The van der Waals surface area contributed by atoms with Gasteiger partial charge in [-0.05, 0) is 48.8 Å². The van der Waals surface area contributed by atoms with Crippen LogP contribution in [0.2, 0.25) is 5.02 Å². The first kappa shape index (κ1) is 16.0. The lowest BCUT2D eigenvalue weighted by atomic mass is 9.71. The van der Waals surface area contributed by atoms with E-state index in [0.717, 1.165) is 12.8 Å². The SMILES string of the molecule is CC1CC(Oc2cc(Cl)ccc2C(N)=NO)CC(C)(C)C1. The van der Waals surface area contributed by atoms with Gasteiger partial charge in [-0.15, -0.1) is 0 Å². The summed E-state index contributed by atoms with van der Waals surface area (Å²) in [4.78, 5) is 0. The molecule has 0 aromatic heterocycles. The van der Waals surface area contributed by atoms with E-state index >= 15 is 0 Å². The number of nitrogens with zero attached hydrogens (tertiary/aromatic N) is 1. The van der Waals surface area contributed by atoms with Crippen LogP contribution in [0.4, 0.5) is 0 Å². The van der Waals surface area contributed by atoms with Crippen molar-refractivity contribution in [2.75, 3.05) is 0 Å². The van der Waals surface area contributed by atoms with Crippen LogP contribution < -0.4 is 10.5 Å². The van der Waals surface area contributed by atoms with Crippen molar-refractivity contribution < 1.29 is 9.94 Å². The van der Waals surface area contributed by atoms with Crippen molar-refractivity contribution in [3.8, 4) is 5.75 Å². The number of amidine groups is 1. The van der Waals surface area contributed by atoms with E-state index in [0.29, 0.717) is 22.3 Å². The number of oxime groups is 1. The van der Waals surface area contributed by atoms with Crippen LogP contribution in [-0.2, 0) is 0 Å². The fraction of sp³-hybridized carbons (Fsp3) is 0.562. The minimum atomic E-state index is 0.0322. The molecule has 2 atom stereocenters. The van der Waals surface area contributed by atoms with E-state index < -0.39 is 0 Å². The van der Waals surface area contributed by atoms with Gasteiger partial charge in [0.2, 0.25) is 0 Å². The van der Waals surface area contributed by atoms with Crippen LogP contribution >= 0.6 is 11.6 Å². The molecule has 1 aromatic carbocycles. The van der Waals surface area contributed by atoms with Gasteiger partial charge in [-0.1, -0.05) is 37.5 Å². The molecular formula is C16H23ClN2O2. The first-order chi connectivity index (χ1) is 9.80. The highest BCUT2D eigenvalue weighted by molar-refractivity contribution is 6.30. The summed E-state index contributed by atoms with van der Waals surface area (Å²) in [6.07, 6.45) is 3.31. The molecule has 1 fully saturated rings. The number of rotatable bonds is 3. The molecule has 0 aliphatic heterocycles. The Labute approximate surface area is 130 Å². The number of nitrogens with two attached hydrogens (primary N) is 1.